The molecule has 2 N–H and O–H groups in total. The summed E-state index contributed by atoms with van der Waals surface area (Å²) in [5.74, 6) is 0.0370. The van der Waals surface area contributed by atoms with Crippen molar-refractivity contribution in [1.29, 1.82) is 0 Å². The Morgan fingerprint density at radius 1 is 1.31 bits per heavy atom. The van der Waals surface area contributed by atoms with Gasteiger partial charge in [0.1, 0.15) is 0 Å². The molecule has 0 aliphatic rings. The van der Waals surface area contributed by atoms with Crippen LogP contribution in [0.4, 0.5) is 0 Å². The first-order valence-corrected chi connectivity index (χ1v) is 5.70. The first kappa shape index (κ1) is 12.7. The Labute approximate surface area is 97.2 Å². The van der Waals surface area contributed by atoms with Crippen molar-refractivity contribution in [1.82, 2.24) is 10.6 Å². The Morgan fingerprint density at radius 3 is 2.50 bits per heavy atom. The summed E-state index contributed by atoms with van der Waals surface area (Å²) in [7, 11) is 0. The van der Waals surface area contributed by atoms with E-state index >= 15 is 0 Å². The summed E-state index contributed by atoms with van der Waals surface area (Å²) in [5, 5.41) is 5.95. The van der Waals surface area contributed by atoms with Gasteiger partial charge in [-0.1, -0.05) is 36.8 Å². The van der Waals surface area contributed by atoms with E-state index in [1.54, 1.807) is 0 Å². The van der Waals surface area contributed by atoms with Gasteiger partial charge < -0.3 is 10.6 Å². The fourth-order valence-electron chi connectivity index (χ4n) is 1.47. The number of aryl methyl sites for hydroxylation is 1. The van der Waals surface area contributed by atoms with Crippen molar-refractivity contribution < 1.29 is 4.79 Å². The highest BCUT2D eigenvalue weighted by Gasteiger charge is 2.08. The van der Waals surface area contributed by atoms with E-state index in [0.717, 1.165) is 12.1 Å². The number of nitrogens with one attached hydrogen (secondary N) is 2. The van der Waals surface area contributed by atoms with Gasteiger partial charge in [0.05, 0.1) is 12.6 Å². The van der Waals surface area contributed by atoms with Crippen LogP contribution in [-0.4, -0.2) is 19.0 Å². The number of hydrogen-bond acceptors (Lipinski definition) is 2. The van der Waals surface area contributed by atoms with Crippen LogP contribution < -0.4 is 10.6 Å². The number of benzene rings is 1. The van der Waals surface area contributed by atoms with Crippen LogP contribution in [0.15, 0.2) is 24.3 Å². The van der Waals surface area contributed by atoms with E-state index in [9.17, 15) is 4.79 Å². The van der Waals surface area contributed by atoms with E-state index < -0.39 is 0 Å². The highest BCUT2D eigenvalue weighted by atomic mass is 16.1. The van der Waals surface area contributed by atoms with Crippen molar-refractivity contribution in [3.05, 3.63) is 35.4 Å². The van der Waals surface area contributed by atoms with Crippen molar-refractivity contribution in [3.8, 4) is 0 Å². The van der Waals surface area contributed by atoms with Crippen LogP contribution in [-0.2, 0) is 4.79 Å². The van der Waals surface area contributed by atoms with Gasteiger partial charge in [0, 0.05) is 0 Å². The quantitative estimate of drug-likeness (QED) is 0.794. The predicted octanol–water partition coefficient (Wildman–Crippen LogP) is 1.78. The Bertz CT molecular complexity index is 332. The lowest BCUT2D eigenvalue weighted by molar-refractivity contribution is -0.120. The van der Waals surface area contributed by atoms with E-state index in [-0.39, 0.29) is 11.9 Å². The molecule has 88 valence electrons. The third kappa shape index (κ3) is 4.03. The molecule has 16 heavy (non-hydrogen) atoms. The molecule has 1 rings (SSSR count). The molecule has 0 bridgehead atoms. The van der Waals surface area contributed by atoms with Crippen LogP contribution in [0.3, 0.4) is 0 Å². The average Bonchev–Trinajstić information content (AvgIpc) is 2.27. The smallest absolute Gasteiger partial charge is 0.234 e. The van der Waals surface area contributed by atoms with Gasteiger partial charge in [-0.25, -0.2) is 0 Å². The summed E-state index contributed by atoms with van der Waals surface area (Å²) >= 11 is 0. The van der Waals surface area contributed by atoms with Gasteiger partial charge in [-0.15, -0.1) is 0 Å². The zero-order chi connectivity index (χ0) is 12.0. The monoisotopic (exact) mass is 220 g/mol. The van der Waals surface area contributed by atoms with Crippen molar-refractivity contribution in [2.75, 3.05) is 13.1 Å². The molecule has 1 aromatic carbocycles. The first-order chi connectivity index (χ1) is 7.63. The zero-order valence-corrected chi connectivity index (χ0v) is 10.2. The van der Waals surface area contributed by atoms with Crippen molar-refractivity contribution in [2.24, 2.45) is 0 Å². The molecule has 0 saturated heterocycles. The van der Waals surface area contributed by atoms with Crippen LogP contribution >= 0.6 is 0 Å². The molecule has 0 aliphatic carbocycles. The van der Waals surface area contributed by atoms with Crippen LogP contribution in [0.25, 0.3) is 0 Å². The maximum absolute atomic E-state index is 11.5. The number of amides is 1. The van der Waals surface area contributed by atoms with Gasteiger partial charge in [0.2, 0.25) is 5.91 Å². The number of carbonyl (C=O) groups excluding carboxylic acids is 1. The minimum atomic E-state index is 0.0370. The van der Waals surface area contributed by atoms with Gasteiger partial charge in [0.15, 0.2) is 0 Å². The summed E-state index contributed by atoms with van der Waals surface area (Å²) in [6, 6.07) is 8.28. The topological polar surface area (TPSA) is 41.1 Å². The number of hydrogen-bond donors (Lipinski definition) is 2. The van der Waals surface area contributed by atoms with Crippen molar-refractivity contribution in [3.63, 3.8) is 0 Å². The molecule has 0 saturated carbocycles. The molecule has 1 amide bonds. The molecule has 0 radical (unpaired) electrons. The molecular formula is C13H20N2O. The van der Waals surface area contributed by atoms with E-state index in [1.807, 2.05) is 26.0 Å². The second kappa shape index (κ2) is 6.28. The Balaban J connectivity index is 2.48. The molecular weight excluding hydrogens is 200 g/mol. The Hall–Kier alpha value is -1.35. The second-order valence-corrected chi connectivity index (χ2v) is 3.98. The van der Waals surface area contributed by atoms with Gasteiger partial charge in [-0.3, -0.25) is 4.79 Å². The first-order valence-electron chi connectivity index (χ1n) is 5.70. The zero-order valence-electron chi connectivity index (χ0n) is 10.2. The molecule has 3 heteroatoms. The highest BCUT2D eigenvalue weighted by molar-refractivity contribution is 5.78. The van der Waals surface area contributed by atoms with E-state index in [0.29, 0.717) is 6.54 Å². The minimum absolute atomic E-state index is 0.0370. The van der Waals surface area contributed by atoms with E-state index in [4.69, 9.17) is 0 Å². The van der Waals surface area contributed by atoms with Crippen molar-refractivity contribution in [2.45, 2.75) is 26.8 Å². The molecule has 1 aromatic rings. The molecule has 1 atom stereocenters. The summed E-state index contributed by atoms with van der Waals surface area (Å²) in [4.78, 5) is 11.5. The number of carbonyl (C=O) groups is 1. The Morgan fingerprint density at radius 2 is 1.94 bits per heavy atom. The van der Waals surface area contributed by atoms with Crippen LogP contribution in [0.2, 0.25) is 0 Å². The molecule has 0 heterocycles. The summed E-state index contributed by atoms with van der Waals surface area (Å²) in [5.41, 5.74) is 2.37. The normalized spacial score (nSPS) is 12.2. The van der Waals surface area contributed by atoms with Crippen molar-refractivity contribution >= 4 is 5.91 Å². The fourth-order valence-corrected chi connectivity index (χ4v) is 1.47. The minimum Gasteiger partial charge on any atom is -0.348 e. The van der Waals surface area contributed by atoms with Crippen LogP contribution in [0, 0.1) is 6.92 Å². The largest absolute Gasteiger partial charge is 0.348 e. The third-order valence-electron chi connectivity index (χ3n) is 2.49. The van der Waals surface area contributed by atoms with E-state index in [2.05, 4.69) is 29.7 Å². The SMILES string of the molecule is CCNCC(=O)N[C@@H](C)c1ccc(C)cc1. The molecule has 0 spiro atoms. The van der Waals surface area contributed by atoms with Gasteiger partial charge in [-0.05, 0) is 26.0 Å². The molecule has 0 aliphatic heterocycles. The lowest BCUT2D eigenvalue weighted by Gasteiger charge is -2.14. The average molecular weight is 220 g/mol. The summed E-state index contributed by atoms with van der Waals surface area (Å²) < 4.78 is 0. The maximum atomic E-state index is 11.5. The predicted molar refractivity (Wildman–Crippen MR) is 66.3 cm³/mol. The maximum Gasteiger partial charge on any atom is 0.234 e. The van der Waals surface area contributed by atoms with Crippen LogP contribution in [0.5, 0.6) is 0 Å². The van der Waals surface area contributed by atoms with E-state index in [1.165, 1.54) is 5.56 Å². The van der Waals surface area contributed by atoms with Gasteiger partial charge in [0.25, 0.3) is 0 Å². The Kier molecular flexibility index (Phi) is 4.99. The van der Waals surface area contributed by atoms with Crippen LogP contribution in [0.1, 0.15) is 31.0 Å². The molecule has 0 fully saturated rings. The summed E-state index contributed by atoms with van der Waals surface area (Å²) in [6.45, 7) is 7.22. The van der Waals surface area contributed by atoms with Gasteiger partial charge in [-0.2, -0.15) is 0 Å². The summed E-state index contributed by atoms with van der Waals surface area (Å²) in [6.07, 6.45) is 0. The molecule has 3 nitrogen and oxygen atoms in total. The fraction of sp³-hybridized carbons (Fsp3) is 0.462. The molecule has 0 aromatic heterocycles. The second-order valence-electron chi connectivity index (χ2n) is 3.98. The third-order valence-corrected chi connectivity index (χ3v) is 2.49. The lowest BCUT2D eigenvalue weighted by Crippen LogP contribution is -2.35. The highest BCUT2D eigenvalue weighted by Crippen LogP contribution is 2.12. The van der Waals surface area contributed by atoms with Gasteiger partial charge >= 0.3 is 0 Å². The number of rotatable bonds is 5. The lowest BCUT2D eigenvalue weighted by atomic mass is 10.1. The number of likely N-dealkylation sites (N-methyl/N-ethyl adjacent to an activating group) is 1. The standard InChI is InChI=1S/C13H20N2O/c1-4-14-9-13(16)15-11(3)12-7-5-10(2)6-8-12/h5-8,11,14H,4,9H2,1-3H3,(H,15,16)/t11-/m0/s1. The molecule has 0 unspecified atom stereocenters.